The third kappa shape index (κ3) is 4.47. The molecule has 0 aliphatic heterocycles. The van der Waals surface area contributed by atoms with Gasteiger partial charge in [0.05, 0.1) is 19.3 Å². The topological polar surface area (TPSA) is 54.9 Å². The van der Waals surface area contributed by atoms with E-state index in [1.165, 1.54) is 19.3 Å². The van der Waals surface area contributed by atoms with Gasteiger partial charge in [-0.3, -0.25) is 4.99 Å². The van der Waals surface area contributed by atoms with Gasteiger partial charge in [-0.15, -0.1) is 24.0 Å². The minimum absolute atomic E-state index is 0. The molecule has 2 N–H and O–H groups in total. The molecule has 6 heteroatoms. The van der Waals surface area contributed by atoms with E-state index in [2.05, 4.69) is 29.5 Å². The van der Waals surface area contributed by atoms with Crippen LogP contribution in [0.4, 0.5) is 0 Å². The number of guanidine groups is 1. The van der Waals surface area contributed by atoms with Crippen molar-refractivity contribution in [1.29, 1.82) is 0 Å². The highest BCUT2D eigenvalue weighted by Crippen LogP contribution is 2.57. The standard InChI is InChI=1S/C16H31N3O2.HI/c1-4-17-15(18-10-11-20-5-2)19-13-12-14(21-6-3)16(13)8-7-9-16;/h13-14H,4-12H2,1-3H3,(H2,17,18,19);1H. The van der Waals surface area contributed by atoms with Crippen molar-refractivity contribution in [2.24, 2.45) is 10.4 Å². The average Bonchev–Trinajstić information content (AvgIpc) is 2.40. The first-order valence-electron chi connectivity index (χ1n) is 8.51. The van der Waals surface area contributed by atoms with Crippen LogP contribution in [0.1, 0.15) is 46.5 Å². The summed E-state index contributed by atoms with van der Waals surface area (Å²) in [5.41, 5.74) is 0.367. The molecule has 0 aromatic heterocycles. The van der Waals surface area contributed by atoms with Crippen molar-refractivity contribution in [1.82, 2.24) is 10.6 Å². The average molecular weight is 425 g/mol. The molecule has 2 rings (SSSR count). The molecule has 2 aliphatic carbocycles. The van der Waals surface area contributed by atoms with Crippen LogP contribution in [0.25, 0.3) is 0 Å². The smallest absolute Gasteiger partial charge is 0.191 e. The van der Waals surface area contributed by atoms with Crippen LogP contribution < -0.4 is 10.6 Å². The van der Waals surface area contributed by atoms with Crippen LogP contribution in [-0.2, 0) is 9.47 Å². The zero-order chi connectivity index (χ0) is 15.1. The van der Waals surface area contributed by atoms with E-state index >= 15 is 0 Å². The Hall–Kier alpha value is -0.0800. The number of halogens is 1. The molecule has 1 spiro atoms. The summed E-state index contributed by atoms with van der Waals surface area (Å²) in [6.45, 7) is 10.0. The molecule has 0 saturated heterocycles. The molecule has 0 bridgehead atoms. The second-order valence-electron chi connectivity index (χ2n) is 5.92. The zero-order valence-electron chi connectivity index (χ0n) is 14.2. The molecule has 0 amide bonds. The molecule has 2 aliphatic rings. The number of hydrogen-bond acceptors (Lipinski definition) is 3. The second kappa shape index (κ2) is 9.93. The lowest BCUT2D eigenvalue weighted by Crippen LogP contribution is -2.68. The summed E-state index contributed by atoms with van der Waals surface area (Å²) in [5.74, 6) is 0.920. The lowest BCUT2D eigenvalue weighted by molar-refractivity contribution is -0.168. The summed E-state index contributed by atoms with van der Waals surface area (Å²) in [5, 5.41) is 6.95. The van der Waals surface area contributed by atoms with Crippen LogP contribution in [0.2, 0.25) is 0 Å². The maximum atomic E-state index is 5.90. The van der Waals surface area contributed by atoms with Gasteiger partial charge in [-0.25, -0.2) is 0 Å². The van der Waals surface area contributed by atoms with Crippen molar-refractivity contribution in [2.75, 3.05) is 32.9 Å². The van der Waals surface area contributed by atoms with E-state index in [1.54, 1.807) is 0 Å². The molecular weight excluding hydrogens is 393 g/mol. The molecular formula is C16H32IN3O2. The van der Waals surface area contributed by atoms with Gasteiger partial charge < -0.3 is 20.1 Å². The fraction of sp³-hybridized carbons (Fsp3) is 0.938. The zero-order valence-corrected chi connectivity index (χ0v) is 16.5. The van der Waals surface area contributed by atoms with Gasteiger partial charge in [-0.1, -0.05) is 6.42 Å². The van der Waals surface area contributed by atoms with Crippen molar-refractivity contribution >= 4 is 29.9 Å². The number of ether oxygens (including phenoxy) is 2. The Labute approximate surface area is 152 Å². The normalized spacial score (nSPS) is 25.9. The van der Waals surface area contributed by atoms with Gasteiger partial charge in [0.25, 0.3) is 0 Å². The van der Waals surface area contributed by atoms with Crippen LogP contribution in [0.3, 0.4) is 0 Å². The number of hydrogen-bond donors (Lipinski definition) is 2. The lowest BCUT2D eigenvalue weighted by Gasteiger charge is -2.61. The molecule has 2 saturated carbocycles. The second-order valence-corrected chi connectivity index (χ2v) is 5.92. The molecule has 130 valence electrons. The summed E-state index contributed by atoms with van der Waals surface area (Å²) >= 11 is 0. The van der Waals surface area contributed by atoms with Gasteiger partial charge in [-0.05, 0) is 40.0 Å². The van der Waals surface area contributed by atoms with Crippen LogP contribution in [0.5, 0.6) is 0 Å². The van der Waals surface area contributed by atoms with Crippen molar-refractivity contribution in [2.45, 2.75) is 58.6 Å². The summed E-state index contributed by atoms with van der Waals surface area (Å²) in [7, 11) is 0. The van der Waals surface area contributed by atoms with E-state index < -0.39 is 0 Å². The predicted molar refractivity (Wildman–Crippen MR) is 101 cm³/mol. The van der Waals surface area contributed by atoms with E-state index in [9.17, 15) is 0 Å². The first-order chi connectivity index (χ1) is 10.3. The number of aliphatic imine (C=N–C) groups is 1. The van der Waals surface area contributed by atoms with Gasteiger partial charge in [0.2, 0.25) is 0 Å². The Morgan fingerprint density at radius 2 is 2.00 bits per heavy atom. The van der Waals surface area contributed by atoms with Gasteiger partial charge in [0.1, 0.15) is 0 Å². The van der Waals surface area contributed by atoms with Crippen molar-refractivity contribution < 1.29 is 9.47 Å². The van der Waals surface area contributed by atoms with Gasteiger partial charge in [0, 0.05) is 31.2 Å². The molecule has 5 nitrogen and oxygen atoms in total. The lowest BCUT2D eigenvalue weighted by atomic mass is 9.51. The first kappa shape index (κ1) is 20.0. The SMILES string of the molecule is CCNC(=NCCOCC)NC1CC(OCC)C12CCC2.I. The predicted octanol–water partition coefficient (Wildman–Crippen LogP) is 2.54. The summed E-state index contributed by atoms with van der Waals surface area (Å²) < 4.78 is 11.2. The third-order valence-corrected chi connectivity index (χ3v) is 4.80. The van der Waals surface area contributed by atoms with Gasteiger partial charge >= 0.3 is 0 Å². The highest BCUT2D eigenvalue weighted by atomic mass is 127. The Bertz CT molecular complexity index is 348. The molecule has 2 atom stereocenters. The largest absolute Gasteiger partial charge is 0.380 e. The van der Waals surface area contributed by atoms with Gasteiger partial charge in [-0.2, -0.15) is 0 Å². The summed E-state index contributed by atoms with van der Waals surface area (Å²) in [6, 6.07) is 0.507. The number of rotatable bonds is 8. The minimum atomic E-state index is 0. The molecule has 0 aromatic rings. The monoisotopic (exact) mass is 425 g/mol. The highest BCUT2D eigenvalue weighted by molar-refractivity contribution is 14.0. The van der Waals surface area contributed by atoms with Crippen molar-refractivity contribution in [3.8, 4) is 0 Å². The summed E-state index contributed by atoms with van der Waals surface area (Å²) in [4.78, 5) is 4.60. The van der Waals surface area contributed by atoms with E-state index in [-0.39, 0.29) is 24.0 Å². The van der Waals surface area contributed by atoms with Crippen LogP contribution in [0.15, 0.2) is 4.99 Å². The molecule has 2 unspecified atom stereocenters. The highest BCUT2D eigenvalue weighted by Gasteiger charge is 2.59. The molecule has 22 heavy (non-hydrogen) atoms. The molecule has 0 radical (unpaired) electrons. The van der Waals surface area contributed by atoms with E-state index in [4.69, 9.17) is 9.47 Å². The fourth-order valence-corrected chi connectivity index (χ4v) is 3.49. The minimum Gasteiger partial charge on any atom is -0.380 e. The van der Waals surface area contributed by atoms with Crippen LogP contribution >= 0.6 is 24.0 Å². The van der Waals surface area contributed by atoms with E-state index in [0.717, 1.165) is 32.1 Å². The Kier molecular flexibility index (Phi) is 9.01. The molecule has 0 aromatic carbocycles. The maximum absolute atomic E-state index is 5.90. The van der Waals surface area contributed by atoms with Gasteiger partial charge in [0.15, 0.2) is 5.96 Å². The molecule has 2 fully saturated rings. The molecule has 0 heterocycles. The number of nitrogens with one attached hydrogen (secondary N) is 2. The Morgan fingerprint density at radius 1 is 1.23 bits per heavy atom. The van der Waals surface area contributed by atoms with Crippen molar-refractivity contribution in [3.63, 3.8) is 0 Å². The van der Waals surface area contributed by atoms with E-state index in [1.807, 2.05) is 6.92 Å². The first-order valence-corrected chi connectivity index (χ1v) is 8.51. The van der Waals surface area contributed by atoms with E-state index in [0.29, 0.717) is 30.7 Å². The Morgan fingerprint density at radius 3 is 2.55 bits per heavy atom. The Balaban J connectivity index is 0.00000242. The van der Waals surface area contributed by atoms with Crippen LogP contribution in [-0.4, -0.2) is 51.0 Å². The fourth-order valence-electron chi connectivity index (χ4n) is 3.49. The maximum Gasteiger partial charge on any atom is 0.191 e. The van der Waals surface area contributed by atoms with Crippen LogP contribution in [0, 0.1) is 5.41 Å². The van der Waals surface area contributed by atoms with Crippen molar-refractivity contribution in [3.05, 3.63) is 0 Å². The number of nitrogens with zero attached hydrogens (tertiary/aromatic N) is 1. The summed E-state index contributed by atoms with van der Waals surface area (Å²) in [6.07, 6.45) is 5.45. The quantitative estimate of drug-likeness (QED) is 0.272. The third-order valence-electron chi connectivity index (χ3n) is 4.80.